The molecule has 27 heavy (non-hydrogen) atoms. The Kier molecular flexibility index (Phi) is 8.02. The zero-order valence-electron chi connectivity index (χ0n) is 17.1. The van der Waals surface area contributed by atoms with Crippen LogP contribution in [-0.4, -0.2) is 68.6 Å². The van der Waals surface area contributed by atoms with Gasteiger partial charge in [-0.25, -0.2) is 0 Å². The second kappa shape index (κ2) is 10.7. The predicted octanol–water partition coefficient (Wildman–Crippen LogP) is 2.70. The molecule has 2 atom stereocenters. The monoisotopic (exact) mass is 375 g/mol. The molecule has 3 heterocycles. The highest BCUT2D eigenvalue weighted by molar-refractivity contribution is 5.79. The van der Waals surface area contributed by atoms with Gasteiger partial charge < -0.3 is 20.0 Å². The summed E-state index contributed by atoms with van der Waals surface area (Å²) in [6.07, 6.45) is 8.38. The van der Waals surface area contributed by atoms with Gasteiger partial charge in [-0.1, -0.05) is 13.3 Å². The fourth-order valence-corrected chi connectivity index (χ4v) is 4.28. The zero-order valence-corrected chi connectivity index (χ0v) is 17.1. The van der Waals surface area contributed by atoms with E-state index in [1.165, 1.54) is 51.7 Å². The summed E-state index contributed by atoms with van der Waals surface area (Å²) in [5.41, 5.74) is 0. The lowest BCUT2D eigenvalue weighted by Crippen LogP contribution is -2.45. The van der Waals surface area contributed by atoms with Crippen LogP contribution < -0.4 is 10.6 Å². The maximum absolute atomic E-state index is 5.74. The molecule has 2 fully saturated rings. The summed E-state index contributed by atoms with van der Waals surface area (Å²) in [6, 6.07) is 4.34. The Balaban J connectivity index is 1.47. The van der Waals surface area contributed by atoms with Crippen molar-refractivity contribution in [1.82, 2.24) is 20.4 Å². The molecule has 2 aliphatic heterocycles. The molecule has 3 rings (SSSR count). The number of piperidine rings is 1. The largest absolute Gasteiger partial charge is 0.468 e. The molecule has 0 aromatic carbocycles. The van der Waals surface area contributed by atoms with Crippen LogP contribution in [-0.2, 0) is 0 Å². The molecule has 2 aliphatic rings. The van der Waals surface area contributed by atoms with E-state index in [-0.39, 0.29) is 6.04 Å². The standard InChI is InChI=1S/C21H37N5O/c1-18(17-25-10-6-7-11-25)15-23-21(22-2)24-16-19(20-9-8-14-27-20)26-12-4-3-5-13-26/h8-9,14,18-19H,3-7,10-13,15-17H2,1-2H3,(H2,22,23,24). The summed E-state index contributed by atoms with van der Waals surface area (Å²) in [5, 5.41) is 7.04. The van der Waals surface area contributed by atoms with E-state index >= 15 is 0 Å². The molecule has 6 nitrogen and oxygen atoms in total. The lowest BCUT2D eigenvalue weighted by atomic mass is 10.1. The van der Waals surface area contributed by atoms with E-state index in [1.54, 1.807) is 6.26 Å². The first kappa shape index (κ1) is 20.2. The zero-order chi connectivity index (χ0) is 18.9. The minimum absolute atomic E-state index is 0.265. The van der Waals surface area contributed by atoms with Crippen molar-refractivity contribution in [3.8, 4) is 0 Å². The van der Waals surface area contributed by atoms with Gasteiger partial charge in [0.2, 0.25) is 0 Å². The van der Waals surface area contributed by atoms with Gasteiger partial charge in [-0.15, -0.1) is 0 Å². The molecule has 0 radical (unpaired) electrons. The molecular formula is C21H37N5O. The highest BCUT2D eigenvalue weighted by Gasteiger charge is 2.24. The van der Waals surface area contributed by atoms with E-state index in [0.29, 0.717) is 5.92 Å². The second-order valence-electron chi connectivity index (χ2n) is 8.07. The number of guanidine groups is 1. The molecule has 6 heteroatoms. The third-order valence-corrected chi connectivity index (χ3v) is 5.78. The summed E-state index contributed by atoms with van der Waals surface area (Å²) in [5.74, 6) is 2.55. The van der Waals surface area contributed by atoms with Crippen LogP contribution in [0.1, 0.15) is 50.8 Å². The van der Waals surface area contributed by atoms with Gasteiger partial charge in [0.15, 0.2) is 5.96 Å². The third-order valence-electron chi connectivity index (χ3n) is 5.78. The number of likely N-dealkylation sites (tertiary alicyclic amines) is 2. The maximum Gasteiger partial charge on any atom is 0.191 e. The molecule has 0 bridgehead atoms. The van der Waals surface area contributed by atoms with E-state index < -0.39 is 0 Å². The van der Waals surface area contributed by atoms with Gasteiger partial charge in [0.05, 0.1) is 12.3 Å². The van der Waals surface area contributed by atoms with Crippen molar-refractivity contribution in [2.24, 2.45) is 10.9 Å². The molecule has 0 saturated carbocycles. The van der Waals surface area contributed by atoms with Gasteiger partial charge in [0.25, 0.3) is 0 Å². The van der Waals surface area contributed by atoms with Crippen molar-refractivity contribution >= 4 is 5.96 Å². The normalized spacial score (nSPS) is 21.9. The first-order chi connectivity index (χ1) is 13.3. The molecule has 2 saturated heterocycles. The van der Waals surface area contributed by atoms with Crippen molar-refractivity contribution in [2.75, 3.05) is 52.9 Å². The van der Waals surface area contributed by atoms with Crippen LogP contribution in [0.15, 0.2) is 27.8 Å². The smallest absolute Gasteiger partial charge is 0.191 e. The van der Waals surface area contributed by atoms with Gasteiger partial charge in [0.1, 0.15) is 5.76 Å². The van der Waals surface area contributed by atoms with Crippen molar-refractivity contribution in [1.29, 1.82) is 0 Å². The van der Waals surface area contributed by atoms with E-state index in [0.717, 1.165) is 37.9 Å². The third kappa shape index (κ3) is 6.25. The number of nitrogens with one attached hydrogen (secondary N) is 2. The first-order valence-corrected chi connectivity index (χ1v) is 10.7. The Bertz CT molecular complexity index is 547. The van der Waals surface area contributed by atoms with Gasteiger partial charge in [-0.3, -0.25) is 9.89 Å². The number of hydrogen-bond donors (Lipinski definition) is 2. The van der Waals surface area contributed by atoms with Crippen LogP contribution in [0, 0.1) is 5.92 Å². The second-order valence-corrected chi connectivity index (χ2v) is 8.07. The van der Waals surface area contributed by atoms with Crippen molar-refractivity contribution in [3.63, 3.8) is 0 Å². The highest BCUT2D eigenvalue weighted by Crippen LogP contribution is 2.24. The molecule has 0 amide bonds. The lowest BCUT2D eigenvalue weighted by molar-refractivity contribution is 0.146. The molecule has 1 aromatic heterocycles. The highest BCUT2D eigenvalue weighted by atomic mass is 16.3. The fourth-order valence-electron chi connectivity index (χ4n) is 4.28. The average Bonchev–Trinajstić information content (AvgIpc) is 3.39. The SMILES string of the molecule is CN=C(NCC(C)CN1CCCC1)NCC(c1ccco1)N1CCCCC1. The van der Waals surface area contributed by atoms with Crippen LogP contribution in [0.2, 0.25) is 0 Å². The summed E-state index contributed by atoms with van der Waals surface area (Å²) in [4.78, 5) is 9.54. The van der Waals surface area contributed by atoms with E-state index in [4.69, 9.17) is 4.42 Å². The van der Waals surface area contributed by atoms with Crippen LogP contribution in [0.5, 0.6) is 0 Å². The van der Waals surface area contributed by atoms with Crippen molar-refractivity contribution < 1.29 is 4.42 Å². The van der Waals surface area contributed by atoms with E-state index in [1.807, 2.05) is 13.1 Å². The summed E-state index contributed by atoms with van der Waals surface area (Å²) in [6.45, 7) is 10.1. The first-order valence-electron chi connectivity index (χ1n) is 10.7. The molecular weight excluding hydrogens is 338 g/mol. The molecule has 1 aromatic rings. The van der Waals surface area contributed by atoms with Crippen LogP contribution in [0.4, 0.5) is 0 Å². The van der Waals surface area contributed by atoms with Crippen molar-refractivity contribution in [2.45, 2.75) is 45.1 Å². The molecule has 152 valence electrons. The molecule has 0 spiro atoms. The van der Waals surface area contributed by atoms with Gasteiger partial charge in [-0.05, 0) is 69.9 Å². The average molecular weight is 376 g/mol. The number of nitrogens with zero attached hydrogens (tertiary/aromatic N) is 3. The number of hydrogen-bond acceptors (Lipinski definition) is 4. The molecule has 2 N–H and O–H groups in total. The number of furan rings is 1. The van der Waals surface area contributed by atoms with Crippen LogP contribution in [0.3, 0.4) is 0 Å². The predicted molar refractivity (Wildman–Crippen MR) is 111 cm³/mol. The maximum atomic E-state index is 5.74. The van der Waals surface area contributed by atoms with Crippen LogP contribution in [0.25, 0.3) is 0 Å². The Labute approximate surface area is 164 Å². The Hall–Kier alpha value is -1.53. The Morgan fingerprint density at radius 1 is 1.07 bits per heavy atom. The Morgan fingerprint density at radius 2 is 1.78 bits per heavy atom. The fraction of sp³-hybridized carbons (Fsp3) is 0.762. The summed E-state index contributed by atoms with van der Waals surface area (Å²) >= 11 is 0. The molecule has 0 aliphatic carbocycles. The molecule has 2 unspecified atom stereocenters. The van der Waals surface area contributed by atoms with E-state index in [9.17, 15) is 0 Å². The lowest BCUT2D eigenvalue weighted by Gasteiger charge is -2.33. The van der Waals surface area contributed by atoms with Gasteiger partial charge >= 0.3 is 0 Å². The van der Waals surface area contributed by atoms with E-state index in [2.05, 4.69) is 38.4 Å². The minimum atomic E-state index is 0.265. The quantitative estimate of drug-likeness (QED) is 0.540. The minimum Gasteiger partial charge on any atom is -0.468 e. The number of aliphatic imine (C=N–C) groups is 1. The Morgan fingerprint density at radius 3 is 2.44 bits per heavy atom. The van der Waals surface area contributed by atoms with Crippen LogP contribution >= 0.6 is 0 Å². The number of rotatable bonds is 8. The topological polar surface area (TPSA) is 56.0 Å². The summed E-state index contributed by atoms with van der Waals surface area (Å²) < 4.78 is 5.74. The van der Waals surface area contributed by atoms with Gasteiger partial charge in [0, 0.05) is 26.7 Å². The van der Waals surface area contributed by atoms with Gasteiger partial charge in [-0.2, -0.15) is 0 Å². The summed E-state index contributed by atoms with van der Waals surface area (Å²) in [7, 11) is 1.85. The van der Waals surface area contributed by atoms with Crippen molar-refractivity contribution in [3.05, 3.63) is 24.2 Å².